The average Bonchev–Trinajstić information content (AvgIpc) is 3.02. The third-order valence-electron chi connectivity index (χ3n) is 3.00. The summed E-state index contributed by atoms with van der Waals surface area (Å²) in [5.41, 5.74) is 0. The summed E-state index contributed by atoms with van der Waals surface area (Å²) in [7, 11) is 0. The van der Waals surface area contributed by atoms with Crippen molar-refractivity contribution < 1.29 is 4.74 Å². The Hall–Kier alpha value is 0.210. The van der Waals surface area contributed by atoms with E-state index in [9.17, 15) is 0 Å². The van der Waals surface area contributed by atoms with Gasteiger partial charge in [-0.2, -0.15) is 0 Å². The van der Waals surface area contributed by atoms with Gasteiger partial charge in [0.1, 0.15) is 0 Å². The van der Waals surface area contributed by atoms with Crippen LogP contribution < -0.4 is 0 Å². The minimum absolute atomic E-state index is 0.617. The van der Waals surface area contributed by atoms with Gasteiger partial charge in [-0.15, -0.1) is 11.6 Å². The van der Waals surface area contributed by atoms with Crippen LogP contribution in [0.25, 0.3) is 0 Å². The molecule has 2 aliphatic carbocycles. The zero-order valence-electron chi connectivity index (χ0n) is 8.75. The van der Waals surface area contributed by atoms with E-state index in [0.717, 1.165) is 25.1 Å². The smallest absolute Gasteiger partial charge is 0.0602 e. The largest absolute Gasteiger partial charge is 0.379 e. The average molecular weight is 218 g/mol. The van der Waals surface area contributed by atoms with Crippen LogP contribution in [0.5, 0.6) is 0 Å². The monoisotopic (exact) mass is 217 g/mol. The van der Waals surface area contributed by atoms with Crippen molar-refractivity contribution in [2.75, 3.05) is 32.2 Å². The molecule has 2 rings (SSSR count). The Morgan fingerprint density at radius 1 is 1.14 bits per heavy atom. The van der Waals surface area contributed by atoms with E-state index in [1.54, 1.807) is 0 Å². The first-order valence-electron chi connectivity index (χ1n) is 5.78. The molecule has 2 fully saturated rings. The van der Waals surface area contributed by atoms with Gasteiger partial charge in [0.2, 0.25) is 0 Å². The van der Waals surface area contributed by atoms with Gasteiger partial charge in [-0.1, -0.05) is 0 Å². The van der Waals surface area contributed by atoms with E-state index in [4.69, 9.17) is 16.3 Å². The number of hydrogen-bond donors (Lipinski definition) is 0. The van der Waals surface area contributed by atoms with E-state index in [1.165, 1.54) is 32.2 Å². The van der Waals surface area contributed by atoms with Crippen LogP contribution in [-0.4, -0.2) is 43.1 Å². The van der Waals surface area contributed by atoms with Crippen LogP contribution in [0.15, 0.2) is 0 Å². The van der Waals surface area contributed by atoms with E-state index in [2.05, 4.69) is 4.90 Å². The van der Waals surface area contributed by atoms with Crippen LogP contribution in [0.3, 0.4) is 0 Å². The van der Waals surface area contributed by atoms with E-state index >= 15 is 0 Å². The van der Waals surface area contributed by atoms with E-state index in [-0.39, 0.29) is 0 Å². The Labute approximate surface area is 91.6 Å². The van der Waals surface area contributed by atoms with Crippen molar-refractivity contribution in [3.05, 3.63) is 0 Å². The van der Waals surface area contributed by atoms with Crippen molar-refractivity contribution >= 4 is 11.6 Å². The van der Waals surface area contributed by atoms with Gasteiger partial charge in [-0.05, 0) is 31.6 Å². The second-order valence-electron chi connectivity index (χ2n) is 4.47. The SMILES string of the molecule is ClCCOCCN(CC1CC1)C1CC1. The molecule has 0 N–H and O–H groups in total. The van der Waals surface area contributed by atoms with Gasteiger partial charge in [-0.25, -0.2) is 0 Å². The Balaban J connectivity index is 1.57. The number of ether oxygens (including phenoxy) is 1. The molecule has 0 unspecified atom stereocenters. The Morgan fingerprint density at radius 2 is 1.93 bits per heavy atom. The molecule has 0 aromatic heterocycles. The zero-order valence-corrected chi connectivity index (χ0v) is 9.51. The lowest BCUT2D eigenvalue weighted by Gasteiger charge is -2.21. The zero-order chi connectivity index (χ0) is 9.80. The lowest BCUT2D eigenvalue weighted by molar-refractivity contribution is 0.109. The van der Waals surface area contributed by atoms with Gasteiger partial charge in [-0.3, -0.25) is 4.90 Å². The summed E-state index contributed by atoms with van der Waals surface area (Å²) >= 11 is 5.55. The van der Waals surface area contributed by atoms with Crippen molar-refractivity contribution in [2.45, 2.75) is 31.7 Å². The van der Waals surface area contributed by atoms with Crippen LogP contribution in [0, 0.1) is 5.92 Å². The molecule has 14 heavy (non-hydrogen) atoms. The number of nitrogens with zero attached hydrogens (tertiary/aromatic N) is 1. The molecule has 0 heterocycles. The molecular weight excluding hydrogens is 198 g/mol. The lowest BCUT2D eigenvalue weighted by Crippen LogP contribution is -2.31. The van der Waals surface area contributed by atoms with Crippen LogP contribution in [0.4, 0.5) is 0 Å². The van der Waals surface area contributed by atoms with E-state index in [0.29, 0.717) is 12.5 Å². The molecule has 2 nitrogen and oxygen atoms in total. The molecule has 2 saturated carbocycles. The number of halogens is 1. The standard InChI is InChI=1S/C11H20ClNO/c12-5-7-14-8-6-13(11-3-4-11)9-10-1-2-10/h10-11H,1-9H2. The Morgan fingerprint density at radius 3 is 2.50 bits per heavy atom. The first-order chi connectivity index (χ1) is 6.90. The summed E-state index contributed by atoms with van der Waals surface area (Å²) in [4.78, 5) is 2.62. The fourth-order valence-corrected chi connectivity index (χ4v) is 1.94. The highest BCUT2D eigenvalue weighted by Gasteiger charge is 2.33. The van der Waals surface area contributed by atoms with Crippen LogP contribution in [-0.2, 0) is 4.74 Å². The molecule has 0 bridgehead atoms. The van der Waals surface area contributed by atoms with Gasteiger partial charge >= 0.3 is 0 Å². The molecule has 82 valence electrons. The highest BCUT2D eigenvalue weighted by molar-refractivity contribution is 6.17. The minimum Gasteiger partial charge on any atom is -0.379 e. The molecule has 0 saturated heterocycles. The summed E-state index contributed by atoms with van der Waals surface area (Å²) in [6.07, 6.45) is 5.71. The Kier molecular flexibility index (Phi) is 4.09. The Bertz CT molecular complexity index is 169. The molecule has 2 aliphatic rings. The summed E-state index contributed by atoms with van der Waals surface area (Å²) < 4.78 is 5.42. The summed E-state index contributed by atoms with van der Waals surface area (Å²) in [5, 5.41) is 0. The van der Waals surface area contributed by atoms with E-state index < -0.39 is 0 Å². The van der Waals surface area contributed by atoms with Crippen LogP contribution >= 0.6 is 11.6 Å². The maximum absolute atomic E-state index is 5.55. The number of alkyl halides is 1. The molecule has 0 aliphatic heterocycles. The second-order valence-corrected chi connectivity index (χ2v) is 4.85. The van der Waals surface area contributed by atoms with Crippen molar-refractivity contribution in [2.24, 2.45) is 5.92 Å². The number of rotatable bonds is 8. The molecular formula is C11H20ClNO. The van der Waals surface area contributed by atoms with Gasteiger partial charge in [0, 0.05) is 25.0 Å². The molecule has 0 radical (unpaired) electrons. The van der Waals surface area contributed by atoms with Gasteiger partial charge < -0.3 is 4.74 Å². The quantitative estimate of drug-likeness (QED) is 0.456. The highest BCUT2D eigenvalue weighted by atomic mass is 35.5. The topological polar surface area (TPSA) is 12.5 Å². The molecule has 0 aromatic rings. The summed E-state index contributed by atoms with van der Waals surface area (Å²) in [5.74, 6) is 1.62. The first kappa shape index (κ1) is 10.7. The molecule has 0 amide bonds. The highest BCUT2D eigenvalue weighted by Crippen LogP contribution is 2.34. The van der Waals surface area contributed by atoms with Crippen molar-refractivity contribution in [3.8, 4) is 0 Å². The van der Waals surface area contributed by atoms with Crippen LogP contribution in [0.1, 0.15) is 25.7 Å². The molecule has 0 aromatic carbocycles. The first-order valence-corrected chi connectivity index (χ1v) is 6.31. The molecule has 0 spiro atoms. The normalized spacial score (nSPS) is 21.9. The summed E-state index contributed by atoms with van der Waals surface area (Å²) in [6, 6.07) is 0.884. The van der Waals surface area contributed by atoms with E-state index in [1.807, 2.05) is 0 Å². The fourth-order valence-electron chi connectivity index (χ4n) is 1.83. The third-order valence-corrected chi connectivity index (χ3v) is 3.15. The van der Waals surface area contributed by atoms with Gasteiger partial charge in [0.25, 0.3) is 0 Å². The minimum atomic E-state index is 0.617. The van der Waals surface area contributed by atoms with Crippen molar-refractivity contribution in [1.29, 1.82) is 0 Å². The second kappa shape index (κ2) is 5.34. The third kappa shape index (κ3) is 3.76. The predicted octanol–water partition coefficient (Wildman–Crippen LogP) is 2.12. The van der Waals surface area contributed by atoms with Crippen LogP contribution in [0.2, 0.25) is 0 Å². The lowest BCUT2D eigenvalue weighted by atomic mass is 10.3. The van der Waals surface area contributed by atoms with Gasteiger partial charge in [0.05, 0.1) is 13.2 Å². The number of hydrogen-bond acceptors (Lipinski definition) is 2. The maximum Gasteiger partial charge on any atom is 0.0602 e. The maximum atomic E-state index is 5.55. The van der Waals surface area contributed by atoms with Crippen molar-refractivity contribution in [1.82, 2.24) is 4.90 Å². The molecule has 3 heteroatoms. The van der Waals surface area contributed by atoms with Crippen molar-refractivity contribution in [3.63, 3.8) is 0 Å². The molecule has 0 atom stereocenters. The predicted molar refractivity (Wildman–Crippen MR) is 58.9 cm³/mol. The fraction of sp³-hybridized carbons (Fsp3) is 1.00. The summed E-state index contributed by atoms with van der Waals surface area (Å²) in [6.45, 7) is 3.98. The van der Waals surface area contributed by atoms with Gasteiger partial charge in [0.15, 0.2) is 0 Å².